The van der Waals surface area contributed by atoms with Gasteiger partial charge in [-0.3, -0.25) is 0 Å². The Morgan fingerprint density at radius 3 is 2.86 bits per heavy atom. The van der Waals surface area contributed by atoms with Crippen LogP contribution in [0.1, 0.15) is 12.8 Å². The molecule has 4 rings (SSSR count). The molecule has 0 radical (unpaired) electrons. The van der Waals surface area contributed by atoms with Crippen molar-refractivity contribution < 1.29 is 4.74 Å². The number of imidazole rings is 1. The summed E-state index contributed by atoms with van der Waals surface area (Å²) in [5, 5.41) is 3.38. The lowest BCUT2D eigenvalue weighted by Gasteiger charge is -2.02. The van der Waals surface area contributed by atoms with Crippen molar-refractivity contribution >= 4 is 17.0 Å². The standard InChI is InChI=1S/C14H14N6O/c1-21-10-5-2-8(6-15-10)12-19-11-13(18-9-3-4-9)16-7-17-14(11)20-12/h2,5-7,9H,3-4H2,1H3,(H2,16,17,18,19,20). The molecule has 0 saturated heterocycles. The third-order valence-electron chi connectivity index (χ3n) is 3.43. The molecule has 21 heavy (non-hydrogen) atoms. The fourth-order valence-corrected chi connectivity index (χ4v) is 2.14. The molecule has 0 unspecified atom stereocenters. The van der Waals surface area contributed by atoms with Crippen molar-refractivity contribution in [1.82, 2.24) is 24.9 Å². The molecule has 0 bridgehead atoms. The number of nitrogens with zero attached hydrogens (tertiary/aromatic N) is 4. The quantitative estimate of drug-likeness (QED) is 0.761. The average molecular weight is 282 g/mol. The van der Waals surface area contributed by atoms with Gasteiger partial charge in [-0.05, 0) is 18.9 Å². The summed E-state index contributed by atoms with van der Waals surface area (Å²) in [5.41, 5.74) is 2.36. The van der Waals surface area contributed by atoms with E-state index in [9.17, 15) is 0 Å². The number of H-pyrrole nitrogens is 1. The number of methoxy groups -OCH3 is 1. The van der Waals surface area contributed by atoms with Gasteiger partial charge < -0.3 is 15.0 Å². The highest BCUT2D eigenvalue weighted by atomic mass is 16.5. The van der Waals surface area contributed by atoms with Crippen LogP contribution in [0.25, 0.3) is 22.6 Å². The zero-order chi connectivity index (χ0) is 14.2. The number of nitrogens with one attached hydrogen (secondary N) is 2. The molecule has 1 fully saturated rings. The molecule has 106 valence electrons. The van der Waals surface area contributed by atoms with Crippen molar-refractivity contribution in [2.75, 3.05) is 12.4 Å². The summed E-state index contributed by atoms with van der Waals surface area (Å²) < 4.78 is 5.06. The third-order valence-corrected chi connectivity index (χ3v) is 3.43. The summed E-state index contributed by atoms with van der Waals surface area (Å²) in [6.07, 6.45) is 5.63. The normalized spacial score (nSPS) is 14.3. The number of aromatic nitrogens is 5. The molecule has 7 heteroatoms. The predicted octanol–water partition coefficient (Wildman–Crippen LogP) is 2.00. The molecular weight excluding hydrogens is 268 g/mol. The fraction of sp³-hybridized carbons (Fsp3) is 0.286. The molecule has 1 aliphatic rings. The minimum atomic E-state index is 0.525. The molecule has 1 aliphatic carbocycles. The SMILES string of the molecule is COc1ccc(-c2nc3ncnc(NC4CC4)c3[nH]2)cn1. The zero-order valence-electron chi connectivity index (χ0n) is 11.5. The second-order valence-corrected chi connectivity index (χ2v) is 5.01. The van der Waals surface area contributed by atoms with Gasteiger partial charge in [0.1, 0.15) is 17.7 Å². The lowest BCUT2D eigenvalue weighted by molar-refractivity contribution is 0.398. The largest absolute Gasteiger partial charge is 0.481 e. The first-order chi connectivity index (χ1) is 10.3. The van der Waals surface area contributed by atoms with Gasteiger partial charge >= 0.3 is 0 Å². The molecule has 3 heterocycles. The highest BCUT2D eigenvalue weighted by Crippen LogP contribution is 2.28. The van der Waals surface area contributed by atoms with E-state index in [-0.39, 0.29) is 0 Å². The van der Waals surface area contributed by atoms with Crippen molar-refractivity contribution in [2.45, 2.75) is 18.9 Å². The first-order valence-electron chi connectivity index (χ1n) is 6.81. The van der Waals surface area contributed by atoms with Gasteiger partial charge in [-0.15, -0.1) is 0 Å². The van der Waals surface area contributed by atoms with E-state index < -0.39 is 0 Å². The van der Waals surface area contributed by atoms with Crippen molar-refractivity contribution in [3.05, 3.63) is 24.7 Å². The van der Waals surface area contributed by atoms with E-state index >= 15 is 0 Å². The molecule has 2 N–H and O–H groups in total. The number of rotatable bonds is 4. The zero-order valence-corrected chi connectivity index (χ0v) is 11.5. The van der Waals surface area contributed by atoms with E-state index in [1.807, 2.05) is 6.07 Å². The van der Waals surface area contributed by atoms with E-state index in [4.69, 9.17) is 4.74 Å². The highest BCUT2D eigenvalue weighted by molar-refractivity contribution is 5.85. The molecule has 0 aromatic carbocycles. The van der Waals surface area contributed by atoms with E-state index in [0.717, 1.165) is 22.7 Å². The van der Waals surface area contributed by atoms with E-state index in [0.29, 0.717) is 17.6 Å². The Morgan fingerprint density at radius 1 is 1.24 bits per heavy atom. The molecule has 0 aliphatic heterocycles. The van der Waals surface area contributed by atoms with E-state index in [2.05, 4.69) is 30.2 Å². The first-order valence-corrected chi connectivity index (χ1v) is 6.81. The van der Waals surface area contributed by atoms with E-state index in [1.54, 1.807) is 19.4 Å². The summed E-state index contributed by atoms with van der Waals surface area (Å²) in [5.74, 6) is 2.10. The van der Waals surface area contributed by atoms with Crippen LogP contribution >= 0.6 is 0 Å². The second-order valence-electron chi connectivity index (χ2n) is 5.01. The van der Waals surface area contributed by atoms with Crippen LogP contribution in [-0.4, -0.2) is 38.1 Å². The molecule has 7 nitrogen and oxygen atoms in total. The number of pyridine rings is 1. The fourth-order valence-electron chi connectivity index (χ4n) is 2.14. The smallest absolute Gasteiger partial charge is 0.212 e. The maximum absolute atomic E-state index is 5.06. The van der Waals surface area contributed by atoms with Gasteiger partial charge in [-0.1, -0.05) is 0 Å². The van der Waals surface area contributed by atoms with Crippen molar-refractivity contribution in [3.8, 4) is 17.3 Å². The van der Waals surface area contributed by atoms with Crippen LogP contribution in [0.2, 0.25) is 0 Å². The molecular formula is C14H14N6O. The summed E-state index contributed by atoms with van der Waals surface area (Å²) in [7, 11) is 1.59. The maximum atomic E-state index is 5.06. The Labute approximate surface area is 120 Å². The third kappa shape index (κ3) is 2.26. The van der Waals surface area contributed by atoms with Gasteiger partial charge in [0.25, 0.3) is 0 Å². The molecule has 0 atom stereocenters. The molecule has 1 saturated carbocycles. The first kappa shape index (κ1) is 12.1. The second kappa shape index (κ2) is 4.69. The van der Waals surface area contributed by atoms with Crippen LogP contribution in [0.5, 0.6) is 5.88 Å². The average Bonchev–Trinajstić information content (AvgIpc) is 3.23. The monoisotopic (exact) mass is 282 g/mol. The van der Waals surface area contributed by atoms with Gasteiger partial charge in [0.05, 0.1) is 7.11 Å². The number of aromatic amines is 1. The summed E-state index contributed by atoms with van der Waals surface area (Å²) in [6.45, 7) is 0. The predicted molar refractivity (Wildman–Crippen MR) is 78.1 cm³/mol. The molecule has 3 aromatic heterocycles. The van der Waals surface area contributed by atoms with Crippen molar-refractivity contribution in [3.63, 3.8) is 0 Å². The summed E-state index contributed by atoms with van der Waals surface area (Å²) in [4.78, 5) is 20.5. The minimum absolute atomic E-state index is 0.525. The number of hydrogen-bond donors (Lipinski definition) is 2. The topological polar surface area (TPSA) is 88.6 Å². The minimum Gasteiger partial charge on any atom is -0.481 e. The van der Waals surface area contributed by atoms with Crippen molar-refractivity contribution in [2.24, 2.45) is 0 Å². The summed E-state index contributed by atoms with van der Waals surface area (Å²) in [6, 6.07) is 4.24. The maximum Gasteiger partial charge on any atom is 0.212 e. The molecule has 0 amide bonds. The van der Waals surface area contributed by atoms with Crippen molar-refractivity contribution in [1.29, 1.82) is 0 Å². The highest BCUT2D eigenvalue weighted by Gasteiger charge is 2.23. The lowest BCUT2D eigenvalue weighted by Crippen LogP contribution is -2.03. The number of anilines is 1. The Morgan fingerprint density at radius 2 is 2.14 bits per heavy atom. The van der Waals surface area contributed by atoms with Gasteiger partial charge in [0.15, 0.2) is 11.5 Å². The summed E-state index contributed by atoms with van der Waals surface area (Å²) >= 11 is 0. The Kier molecular flexibility index (Phi) is 2.70. The number of ether oxygens (including phenoxy) is 1. The van der Waals surface area contributed by atoms with Crippen LogP contribution in [0.4, 0.5) is 5.82 Å². The van der Waals surface area contributed by atoms with Gasteiger partial charge in [-0.25, -0.2) is 19.9 Å². The van der Waals surface area contributed by atoms with Crippen LogP contribution in [-0.2, 0) is 0 Å². The Balaban J connectivity index is 1.74. The Hall–Kier alpha value is -2.70. The number of hydrogen-bond acceptors (Lipinski definition) is 6. The van der Waals surface area contributed by atoms with Crippen LogP contribution in [0.15, 0.2) is 24.7 Å². The van der Waals surface area contributed by atoms with Crippen LogP contribution in [0, 0.1) is 0 Å². The molecule has 0 spiro atoms. The lowest BCUT2D eigenvalue weighted by atomic mass is 10.3. The number of fused-ring (bicyclic) bond motifs is 1. The van der Waals surface area contributed by atoms with Gasteiger partial charge in [-0.2, -0.15) is 0 Å². The van der Waals surface area contributed by atoms with Gasteiger partial charge in [0.2, 0.25) is 5.88 Å². The van der Waals surface area contributed by atoms with Crippen LogP contribution < -0.4 is 10.1 Å². The van der Waals surface area contributed by atoms with E-state index in [1.165, 1.54) is 19.2 Å². The molecule has 3 aromatic rings. The van der Waals surface area contributed by atoms with Crippen LogP contribution in [0.3, 0.4) is 0 Å². The Bertz CT molecular complexity index is 778. The van der Waals surface area contributed by atoms with Gasteiger partial charge in [0, 0.05) is 23.9 Å².